The minimum atomic E-state index is -3.53. The minimum Gasteiger partial charge on any atom is -0.379 e. The fraction of sp³-hybridized carbons (Fsp3) is 0.368. The van der Waals surface area contributed by atoms with E-state index in [4.69, 9.17) is 4.74 Å². The molecule has 0 spiro atoms. The van der Waals surface area contributed by atoms with E-state index in [0.717, 1.165) is 31.0 Å². The summed E-state index contributed by atoms with van der Waals surface area (Å²) in [7, 11) is -3.53. The largest absolute Gasteiger partial charge is 0.379 e. The summed E-state index contributed by atoms with van der Waals surface area (Å²) in [4.78, 5) is 13.2. The van der Waals surface area contributed by atoms with Crippen LogP contribution in [0, 0.1) is 10.1 Å². The second kappa shape index (κ2) is 8.68. The number of anilines is 1. The highest BCUT2D eigenvalue weighted by molar-refractivity contribution is 7.90. The van der Waals surface area contributed by atoms with E-state index < -0.39 is 14.8 Å². The SMILES string of the molecule is CS(=O)(=O)c1ccc(NC(CN2CCOCC2)c2ccccc2)c([N+](=O)[O-])c1. The third-order valence-corrected chi connectivity index (χ3v) is 5.78. The number of nitrogens with zero attached hydrogens (tertiary/aromatic N) is 2. The van der Waals surface area contributed by atoms with Gasteiger partial charge in [-0.3, -0.25) is 15.0 Å². The van der Waals surface area contributed by atoms with Gasteiger partial charge in [0.05, 0.1) is 29.1 Å². The highest BCUT2D eigenvalue weighted by atomic mass is 32.2. The van der Waals surface area contributed by atoms with Crippen molar-refractivity contribution in [2.45, 2.75) is 10.9 Å². The Morgan fingerprint density at radius 1 is 1.18 bits per heavy atom. The zero-order chi connectivity index (χ0) is 20.1. The lowest BCUT2D eigenvalue weighted by Gasteiger charge is -2.31. The molecule has 1 atom stereocenters. The normalized spacial score (nSPS) is 16.5. The minimum absolute atomic E-state index is 0.0748. The molecule has 1 fully saturated rings. The van der Waals surface area contributed by atoms with E-state index in [2.05, 4.69) is 10.2 Å². The van der Waals surface area contributed by atoms with Gasteiger partial charge in [-0.1, -0.05) is 30.3 Å². The van der Waals surface area contributed by atoms with E-state index >= 15 is 0 Å². The average Bonchev–Trinajstić information content (AvgIpc) is 2.68. The molecule has 0 aromatic heterocycles. The number of hydrogen-bond acceptors (Lipinski definition) is 7. The third-order valence-electron chi connectivity index (χ3n) is 4.67. The van der Waals surface area contributed by atoms with Gasteiger partial charge in [-0.05, 0) is 17.7 Å². The summed E-state index contributed by atoms with van der Waals surface area (Å²) < 4.78 is 28.9. The summed E-state index contributed by atoms with van der Waals surface area (Å²) in [5, 5.41) is 14.8. The van der Waals surface area contributed by atoms with E-state index in [-0.39, 0.29) is 16.6 Å². The Bertz CT molecular complexity index is 928. The van der Waals surface area contributed by atoms with E-state index in [1.54, 1.807) is 0 Å². The van der Waals surface area contributed by atoms with E-state index in [9.17, 15) is 18.5 Å². The van der Waals surface area contributed by atoms with Crippen LogP contribution >= 0.6 is 0 Å². The summed E-state index contributed by atoms with van der Waals surface area (Å²) in [5.41, 5.74) is 1.03. The number of morpholine rings is 1. The summed E-state index contributed by atoms with van der Waals surface area (Å²) >= 11 is 0. The molecule has 3 rings (SSSR count). The summed E-state index contributed by atoms with van der Waals surface area (Å²) in [6, 6.07) is 13.5. The van der Waals surface area contributed by atoms with Crippen LogP contribution in [-0.4, -0.2) is 57.3 Å². The topological polar surface area (TPSA) is 102 Å². The van der Waals surface area contributed by atoms with Gasteiger partial charge in [0.25, 0.3) is 5.69 Å². The maximum absolute atomic E-state index is 11.8. The highest BCUT2D eigenvalue weighted by Gasteiger charge is 2.23. The molecule has 8 nitrogen and oxygen atoms in total. The molecule has 1 unspecified atom stereocenters. The smallest absolute Gasteiger partial charge is 0.293 e. The average molecular weight is 405 g/mol. The number of nitro benzene ring substituents is 1. The standard InChI is InChI=1S/C19H23N3O5S/c1-28(25,26)16-7-8-17(19(13-16)22(23)24)20-18(15-5-3-2-4-6-15)14-21-9-11-27-12-10-21/h2-8,13,18,20H,9-12,14H2,1H3. The van der Waals surface area contributed by atoms with Gasteiger partial charge in [-0.15, -0.1) is 0 Å². The van der Waals surface area contributed by atoms with Gasteiger partial charge in [0, 0.05) is 32.0 Å². The lowest BCUT2D eigenvalue weighted by atomic mass is 10.1. The Labute approximate surface area is 164 Å². The fourth-order valence-corrected chi connectivity index (χ4v) is 3.81. The van der Waals surface area contributed by atoms with Crippen molar-refractivity contribution in [3.05, 3.63) is 64.2 Å². The van der Waals surface area contributed by atoms with Crippen molar-refractivity contribution >= 4 is 21.2 Å². The zero-order valence-electron chi connectivity index (χ0n) is 15.6. The molecule has 2 aromatic carbocycles. The number of nitrogens with one attached hydrogen (secondary N) is 1. The number of benzene rings is 2. The third kappa shape index (κ3) is 5.06. The first-order valence-electron chi connectivity index (χ1n) is 8.94. The summed E-state index contributed by atoms with van der Waals surface area (Å²) in [6.45, 7) is 3.55. The lowest BCUT2D eigenvalue weighted by Crippen LogP contribution is -2.40. The van der Waals surface area contributed by atoms with Crippen molar-refractivity contribution in [2.24, 2.45) is 0 Å². The van der Waals surface area contributed by atoms with Crippen LogP contribution in [0.25, 0.3) is 0 Å². The Hall–Kier alpha value is -2.49. The molecule has 28 heavy (non-hydrogen) atoms. The van der Waals surface area contributed by atoms with Gasteiger partial charge in [-0.25, -0.2) is 8.42 Å². The molecule has 1 aliphatic rings. The van der Waals surface area contributed by atoms with E-state index in [0.29, 0.717) is 25.4 Å². The number of nitro groups is 1. The number of hydrogen-bond donors (Lipinski definition) is 1. The predicted octanol–water partition coefficient (Wildman–Crippen LogP) is 2.48. The molecule has 9 heteroatoms. The number of sulfone groups is 1. The van der Waals surface area contributed by atoms with Crippen molar-refractivity contribution < 1.29 is 18.1 Å². The molecule has 0 bridgehead atoms. The molecule has 0 amide bonds. The van der Waals surface area contributed by atoms with E-state index in [1.807, 2.05) is 30.3 Å². The second-order valence-corrected chi connectivity index (χ2v) is 8.74. The zero-order valence-corrected chi connectivity index (χ0v) is 16.4. The molecule has 0 saturated carbocycles. The quantitative estimate of drug-likeness (QED) is 0.558. The molecule has 2 aromatic rings. The maximum Gasteiger partial charge on any atom is 0.293 e. The Morgan fingerprint density at radius 3 is 2.46 bits per heavy atom. The molecule has 150 valence electrons. The van der Waals surface area contributed by atoms with Crippen LogP contribution in [0.1, 0.15) is 11.6 Å². The van der Waals surface area contributed by atoms with Gasteiger partial charge in [0.15, 0.2) is 9.84 Å². The second-order valence-electron chi connectivity index (χ2n) is 6.73. The van der Waals surface area contributed by atoms with Gasteiger partial charge in [0.1, 0.15) is 5.69 Å². The Balaban J connectivity index is 1.92. The summed E-state index contributed by atoms with van der Waals surface area (Å²) in [6.07, 6.45) is 1.03. The first kappa shape index (κ1) is 20.2. The first-order valence-corrected chi connectivity index (χ1v) is 10.8. The van der Waals surface area contributed by atoms with E-state index in [1.165, 1.54) is 12.1 Å². The molecule has 1 heterocycles. The Kier molecular flexibility index (Phi) is 6.28. The predicted molar refractivity (Wildman–Crippen MR) is 106 cm³/mol. The maximum atomic E-state index is 11.8. The van der Waals surface area contributed by atoms with Crippen LogP contribution in [0.4, 0.5) is 11.4 Å². The summed E-state index contributed by atoms with van der Waals surface area (Å²) in [5.74, 6) is 0. The van der Waals surface area contributed by atoms with Gasteiger partial charge < -0.3 is 10.1 Å². The van der Waals surface area contributed by atoms with Crippen LogP contribution in [0.2, 0.25) is 0 Å². The molecule has 1 saturated heterocycles. The van der Waals surface area contributed by atoms with Gasteiger partial charge in [0.2, 0.25) is 0 Å². The monoisotopic (exact) mass is 405 g/mol. The number of ether oxygens (including phenoxy) is 1. The van der Waals surface area contributed by atoms with Crippen molar-refractivity contribution in [2.75, 3.05) is 44.4 Å². The highest BCUT2D eigenvalue weighted by Crippen LogP contribution is 2.31. The Morgan fingerprint density at radius 2 is 1.86 bits per heavy atom. The van der Waals surface area contributed by atoms with Crippen molar-refractivity contribution in [3.8, 4) is 0 Å². The molecule has 0 aliphatic carbocycles. The van der Waals surface area contributed by atoms with Crippen molar-refractivity contribution in [3.63, 3.8) is 0 Å². The lowest BCUT2D eigenvalue weighted by molar-refractivity contribution is -0.384. The van der Waals surface area contributed by atoms with Crippen molar-refractivity contribution in [1.82, 2.24) is 4.90 Å². The van der Waals surface area contributed by atoms with Gasteiger partial charge >= 0.3 is 0 Å². The fourth-order valence-electron chi connectivity index (χ4n) is 3.16. The molecule has 1 N–H and O–H groups in total. The number of rotatable bonds is 7. The molecular weight excluding hydrogens is 382 g/mol. The van der Waals surface area contributed by atoms with Crippen LogP contribution in [0.3, 0.4) is 0 Å². The molecule has 0 radical (unpaired) electrons. The van der Waals surface area contributed by atoms with Crippen molar-refractivity contribution in [1.29, 1.82) is 0 Å². The van der Waals surface area contributed by atoms with Crippen LogP contribution in [0.15, 0.2) is 53.4 Å². The van der Waals surface area contributed by atoms with Crippen LogP contribution in [0.5, 0.6) is 0 Å². The van der Waals surface area contributed by atoms with Crippen LogP contribution < -0.4 is 5.32 Å². The van der Waals surface area contributed by atoms with Crippen LogP contribution in [-0.2, 0) is 14.6 Å². The van der Waals surface area contributed by atoms with Gasteiger partial charge in [-0.2, -0.15) is 0 Å². The molecule has 1 aliphatic heterocycles. The molecular formula is C19H23N3O5S. The first-order chi connectivity index (χ1) is 13.3.